The molecule has 6 nitrogen and oxygen atoms in total. The van der Waals surface area contributed by atoms with Crippen molar-refractivity contribution in [3.05, 3.63) is 29.7 Å². The predicted molar refractivity (Wildman–Crippen MR) is 67.2 cm³/mol. The number of carbonyl (C=O) groups is 1. The monoisotopic (exact) mass is 261 g/mol. The van der Waals surface area contributed by atoms with Gasteiger partial charge in [-0.2, -0.15) is 5.10 Å². The van der Waals surface area contributed by atoms with Crippen molar-refractivity contribution in [2.24, 2.45) is 5.92 Å². The zero-order chi connectivity index (χ0) is 13.2. The van der Waals surface area contributed by atoms with Gasteiger partial charge in [-0.1, -0.05) is 6.07 Å². The minimum Gasteiger partial charge on any atom is -0.477 e. The van der Waals surface area contributed by atoms with Gasteiger partial charge in [0.1, 0.15) is 0 Å². The fraction of sp³-hybridized carbons (Fsp3) is 0.462. The van der Waals surface area contributed by atoms with Crippen LogP contribution in [0.1, 0.15) is 29.2 Å². The lowest BCUT2D eigenvalue weighted by atomic mass is 9.98. The Kier molecular flexibility index (Phi) is 3.16. The summed E-state index contributed by atoms with van der Waals surface area (Å²) < 4.78 is 6.82. The molecule has 1 atom stereocenters. The first-order valence-electron chi connectivity index (χ1n) is 6.40. The third-order valence-electron chi connectivity index (χ3n) is 3.35. The first-order chi connectivity index (χ1) is 9.24. The number of hydrogen-bond acceptors (Lipinski definition) is 4. The molecule has 0 aliphatic carbocycles. The normalized spacial score (nSPS) is 19.7. The molecule has 2 aromatic heterocycles. The van der Waals surface area contributed by atoms with Crippen molar-refractivity contribution in [1.82, 2.24) is 14.6 Å². The van der Waals surface area contributed by atoms with Crippen molar-refractivity contribution in [2.45, 2.75) is 19.3 Å². The van der Waals surface area contributed by atoms with Crippen LogP contribution in [0, 0.1) is 5.92 Å². The van der Waals surface area contributed by atoms with Crippen LogP contribution in [-0.4, -0.2) is 38.9 Å². The summed E-state index contributed by atoms with van der Waals surface area (Å²) in [6.45, 7) is 1.57. The second kappa shape index (κ2) is 4.97. The Labute approximate surface area is 110 Å². The van der Waals surface area contributed by atoms with Crippen LogP contribution in [0.5, 0.6) is 0 Å². The quantitative estimate of drug-likeness (QED) is 0.903. The highest BCUT2D eigenvalue weighted by Crippen LogP contribution is 2.18. The lowest BCUT2D eigenvalue weighted by molar-refractivity contribution is 0.0543. The highest BCUT2D eigenvalue weighted by atomic mass is 16.5. The van der Waals surface area contributed by atoms with Gasteiger partial charge < -0.3 is 9.84 Å². The number of carboxylic acid groups (broad SMARTS) is 1. The van der Waals surface area contributed by atoms with E-state index in [1.807, 2.05) is 0 Å². The SMILES string of the molecule is O=C(O)c1cccc2nc(CC3CCCOC3)nn12. The summed E-state index contributed by atoms with van der Waals surface area (Å²) in [4.78, 5) is 15.5. The van der Waals surface area contributed by atoms with E-state index >= 15 is 0 Å². The summed E-state index contributed by atoms with van der Waals surface area (Å²) >= 11 is 0. The van der Waals surface area contributed by atoms with E-state index in [2.05, 4.69) is 10.1 Å². The van der Waals surface area contributed by atoms with Crippen LogP contribution in [-0.2, 0) is 11.2 Å². The third kappa shape index (κ3) is 2.44. The van der Waals surface area contributed by atoms with Gasteiger partial charge in [0.15, 0.2) is 17.2 Å². The lowest BCUT2D eigenvalue weighted by Crippen LogP contribution is -2.19. The molecule has 19 heavy (non-hydrogen) atoms. The van der Waals surface area contributed by atoms with Gasteiger partial charge in [-0.25, -0.2) is 14.3 Å². The number of pyridine rings is 1. The molecule has 3 heterocycles. The van der Waals surface area contributed by atoms with E-state index in [1.54, 1.807) is 12.1 Å². The van der Waals surface area contributed by atoms with E-state index in [0.717, 1.165) is 32.5 Å². The molecule has 0 radical (unpaired) electrons. The molecule has 1 saturated heterocycles. The van der Waals surface area contributed by atoms with Gasteiger partial charge in [-0.05, 0) is 30.9 Å². The van der Waals surface area contributed by atoms with Gasteiger partial charge in [-0.3, -0.25) is 0 Å². The topological polar surface area (TPSA) is 76.7 Å². The van der Waals surface area contributed by atoms with Crippen molar-refractivity contribution in [2.75, 3.05) is 13.2 Å². The van der Waals surface area contributed by atoms with Crippen LogP contribution >= 0.6 is 0 Å². The van der Waals surface area contributed by atoms with Gasteiger partial charge in [0.2, 0.25) is 0 Å². The molecule has 1 aliphatic rings. The van der Waals surface area contributed by atoms with Crippen molar-refractivity contribution in [3.63, 3.8) is 0 Å². The van der Waals surface area contributed by atoms with E-state index in [4.69, 9.17) is 9.84 Å². The minimum absolute atomic E-state index is 0.135. The van der Waals surface area contributed by atoms with Gasteiger partial charge in [0, 0.05) is 19.6 Å². The van der Waals surface area contributed by atoms with Crippen molar-refractivity contribution in [3.8, 4) is 0 Å². The number of nitrogens with zero attached hydrogens (tertiary/aromatic N) is 3. The molecule has 100 valence electrons. The Hall–Kier alpha value is -1.95. The number of fused-ring (bicyclic) bond motifs is 1. The summed E-state index contributed by atoms with van der Waals surface area (Å²) in [6, 6.07) is 4.97. The van der Waals surface area contributed by atoms with E-state index < -0.39 is 5.97 Å². The smallest absolute Gasteiger partial charge is 0.354 e. The van der Waals surface area contributed by atoms with Crippen LogP contribution in [0.2, 0.25) is 0 Å². The van der Waals surface area contributed by atoms with Crippen LogP contribution in [0.4, 0.5) is 0 Å². The van der Waals surface area contributed by atoms with Crippen LogP contribution < -0.4 is 0 Å². The Bertz CT molecular complexity index is 602. The number of rotatable bonds is 3. The summed E-state index contributed by atoms with van der Waals surface area (Å²) in [6.07, 6.45) is 2.92. The molecule has 0 bridgehead atoms. The standard InChI is InChI=1S/C13H15N3O3/c17-13(18)10-4-1-5-12-14-11(15-16(10)12)7-9-3-2-6-19-8-9/h1,4-5,9H,2-3,6-8H2,(H,17,18). The Morgan fingerprint density at radius 2 is 2.42 bits per heavy atom. The molecule has 0 spiro atoms. The largest absolute Gasteiger partial charge is 0.477 e. The molecule has 1 aliphatic heterocycles. The van der Waals surface area contributed by atoms with Gasteiger partial charge in [0.25, 0.3) is 0 Å². The summed E-state index contributed by atoms with van der Waals surface area (Å²) in [5.74, 6) is 0.117. The Morgan fingerprint density at radius 3 is 3.16 bits per heavy atom. The zero-order valence-electron chi connectivity index (χ0n) is 10.5. The molecule has 6 heteroatoms. The maximum Gasteiger partial charge on any atom is 0.354 e. The average molecular weight is 261 g/mol. The highest BCUT2D eigenvalue weighted by Gasteiger charge is 2.18. The number of hydrogen-bond donors (Lipinski definition) is 1. The molecule has 2 aromatic rings. The molecule has 0 aromatic carbocycles. The molecule has 3 rings (SSSR count). The Morgan fingerprint density at radius 1 is 1.53 bits per heavy atom. The second-order valence-electron chi connectivity index (χ2n) is 4.80. The van der Waals surface area contributed by atoms with Crippen molar-refractivity contribution < 1.29 is 14.6 Å². The molecule has 1 fully saturated rings. The van der Waals surface area contributed by atoms with Crippen LogP contribution in [0.25, 0.3) is 5.65 Å². The number of carboxylic acids is 1. The van der Waals surface area contributed by atoms with Gasteiger partial charge in [0.05, 0.1) is 0 Å². The van der Waals surface area contributed by atoms with E-state index in [1.165, 1.54) is 10.6 Å². The predicted octanol–water partition coefficient (Wildman–Crippen LogP) is 1.40. The average Bonchev–Trinajstić information content (AvgIpc) is 2.81. The van der Waals surface area contributed by atoms with E-state index in [0.29, 0.717) is 17.4 Å². The first-order valence-corrected chi connectivity index (χ1v) is 6.40. The molecule has 1 unspecified atom stereocenters. The fourth-order valence-corrected chi connectivity index (χ4v) is 2.42. The molecular formula is C13H15N3O3. The van der Waals surface area contributed by atoms with Crippen molar-refractivity contribution >= 4 is 11.6 Å². The number of aromatic carboxylic acids is 1. The maximum atomic E-state index is 11.1. The van der Waals surface area contributed by atoms with E-state index in [-0.39, 0.29) is 5.69 Å². The highest BCUT2D eigenvalue weighted by molar-refractivity contribution is 5.86. The van der Waals surface area contributed by atoms with Crippen LogP contribution in [0.15, 0.2) is 18.2 Å². The lowest BCUT2D eigenvalue weighted by Gasteiger charge is -2.20. The van der Waals surface area contributed by atoms with Crippen molar-refractivity contribution in [1.29, 1.82) is 0 Å². The summed E-state index contributed by atoms with van der Waals surface area (Å²) in [7, 11) is 0. The third-order valence-corrected chi connectivity index (χ3v) is 3.35. The number of ether oxygens (including phenoxy) is 1. The minimum atomic E-state index is -0.997. The molecule has 0 saturated carbocycles. The molecular weight excluding hydrogens is 246 g/mol. The van der Waals surface area contributed by atoms with Gasteiger partial charge in [-0.15, -0.1) is 0 Å². The summed E-state index contributed by atoms with van der Waals surface area (Å²) in [5, 5.41) is 13.4. The van der Waals surface area contributed by atoms with Crippen LogP contribution in [0.3, 0.4) is 0 Å². The fourth-order valence-electron chi connectivity index (χ4n) is 2.42. The summed E-state index contributed by atoms with van der Waals surface area (Å²) in [5.41, 5.74) is 0.711. The second-order valence-corrected chi connectivity index (χ2v) is 4.80. The zero-order valence-corrected chi connectivity index (χ0v) is 10.5. The van der Waals surface area contributed by atoms with E-state index in [9.17, 15) is 4.79 Å². The maximum absolute atomic E-state index is 11.1. The first kappa shape index (κ1) is 12.1. The molecule has 1 N–H and O–H groups in total. The number of aromatic nitrogens is 3. The molecule has 0 amide bonds. The Balaban J connectivity index is 1.88. The van der Waals surface area contributed by atoms with Gasteiger partial charge >= 0.3 is 5.97 Å².